The maximum atomic E-state index is 5.83. The first kappa shape index (κ1) is 11.6. The Hall–Kier alpha value is 0.1000. The van der Waals surface area contributed by atoms with E-state index in [9.17, 15) is 0 Å². The lowest BCUT2D eigenvalue weighted by Gasteiger charge is -2.30. The third kappa shape index (κ3) is 2.61. The maximum absolute atomic E-state index is 5.83. The van der Waals surface area contributed by atoms with Crippen LogP contribution < -0.4 is 5.32 Å². The highest BCUT2D eigenvalue weighted by molar-refractivity contribution is 9.10. The van der Waals surface area contributed by atoms with Gasteiger partial charge in [0.2, 0.25) is 0 Å². The minimum absolute atomic E-state index is 0.332. The van der Waals surface area contributed by atoms with Crippen molar-refractivity contribution in [2.45, 2.75) is 31.4 Å². The zero-order chi connectivity index (χ0) is 10.7. The fourth-order valence-corrected chi connectivity index (χ4v) is 3.82. The lowest BCUT2D eigenvalue weighted by molar-refractivity contribution is -0.00601. The molecule has 0 spiro atoms. The van der Waals surface area contributed by atoms with E-state index >= 15 is 0 Å². The van der Waals surface area contributed by atoms with Gasteiger partial charge in [0.15, 0.2) is 0 Å². The topological polar surface area (TPSA) is 21.3 Å². The number of halogens is 1. The summed E-state index contributed by atoms with van der Waals surface area (Å²) in [5.74, 6) is 0. The fraction of sp³-hybridized carbons (Fsp3) is 0.636. The predicted molar refractivity (Wildman–Crippen MR) is 67.4 cm³/mol. The van der Waals surface area contributed by atoms with Crippen LogP contribution in [-0.4, -0.2) is 19.8 Å². The van der Waals surface area contributed by atoms with E-state index in [2.05, 4.69) is 32.7 Å². The second-order valence-electron chi connectivity index (χ2n) is 3.80. The molecule has 1 fully saturated rings. The lowest BCUT2D eigenvalue weighted by Crippen LogP contribution is -2.33. The summed E-state index contributed by atoms with van der Waals surface area (Å²) in [5.41, 5.74) is 0. The van der Waals surface area contributed by atoms with E-state index in [0.717, 1.165) is 13.0 Å². The Balaban J connectivity index is 2.12. The largest absolute Gasteiger partial charge is 0.376 e. The van der Waals surface area contributed by atoms with E-state index in [4.69, 9.17) is 4.74 Å². The second-order valence-corrected chi connectivity index (χ2v) is 5.61. The molecule has 2 atom stereocenters. The van der Waals surface area contributed by atoms with E-state index in [1.165, 1.54) is 22.2 Å². The maximum Gasteiger partial charge on any atom is 0.0778 e. The molecule has 1 saturated heterocycles. The highest BCUT2D eigenvalue weighted by Gasteiger charge is 2.26. The van der Waals surface area contributed by atoms with Crippen LogP contribution in [0.3, 0.4) is 0 Å². The molecule has 84 valence electrons. The first-order valence-corrected chi connectivity index (χ1v) is 7.02. The Labute approximate surface area is 103 Å². The standard InChI is InChI=1S/C11H16BrNOS/c1-13-10(9-4-2-3-6-14-9)11-8(12)5-7-15-11/h5,7,9-10,13H,2-4,6H2,1H3. The van der Waals surface area contributed by atoms with Gasteiger partial charge >= 0.3 is 0 Å². The molecule has 1 aromatic heterocycles. The molecule has 0 aliphatic carbocycles. The molecule has 1 aliphatic heterocycles. The monoisotopic (exact) mass is 289 g/mol. The third-order valence-electron chi connectivity index (χ3n) is 2.82. The van der Waals surface area contributed by atoms with Crippen molar-refractivity contribution in [2.24, 2.45) is 0 Å². The van der Waals surface area contributed by atoms with Gasteiger partial charge in [-0.25, -0.2) is 0 Å². The number of thiophene rings is 1. The molecule has 2 unspecified atom stereocenters. The van der Waals surface area contributed by atoms with Gasteiger partial charge in [-0.3, -0.25) is 0 Å². The smallest absolute Gasteiger partial charge is 0.0778 e. The summed E-state index contributed by atoms with van der Waals surface area (Å²) in [7, 11) is 2.01. The fourth-order valence-electron chi connectivity index (χ4n) is 2.04. The van der Waals surface area contributed by atoms with Crippen molar-refractivity contribution in [1.82, 2.24) is 5.32 Å². The zero-order valence-corrected chi connectivity index (χ0v) is 11.2. The molecule has 1 N–H and O–H groups in total. The highest BCUT2D eigenvalue weighted by atomic mass is 79.9. The number of hydrogen-bond acceptors (Lipinski definition) is 3. The van der Waals surface area contributed by atoms with E-state index < -0.39 is 0 Å². The van der Waals surface area contributed by atoms with Gasteiger partial charge in [0, 0.05) is 16.0 Å². The van der Waals surface area contributed by atoms with Crippen LogP contribution in [0.4, 0.5) is 0 Å². The van der Waals surface area contributed by atoms with Crippen LogP contribution in [0.5, 0.6) is 0 Å². The van der Waals surface area contributed by atoms with Gasteiger partial charge in [-0.05, 0) is 53.7 Å². The molecular weight excluding hydrogens is 274 g/mol. The molecule has 0 saturated carbocycles. The Morgan fingerprint density at radius 3 is 3.00 bits per heavy atom. The van der Waals surface area contributed by atoms with Crippen molar-refractivity contribution in [3.63, 3.8) is 0 Å². The van der Waals surface area contributed by atoms with Crippen LogP contribution >= 0.6 is 27.3 Å². The van der Waals surface area contributed by atoms with E-state index in [1.807, 2.05) is 7.05 Å². The minimum Gasteiger partial charge on any atom is -0.376 e. The van der Waals surface area contributed by atoms with Gasteiger partial charge in [-0.2, -0.15) is 0 Å². The van der Waals surface area contributed by atoms with E-state index in [1.54, 1.807) is 11.3 Å². The molecule has 0 aromatic carbocycles. The summed E-state index contributed by atoms with van der Waals surface area (Å²) in [5, 5.41) is 5.49. The summed E-state index contributed by atoms with van der Waals surface area (Å²) in [6.45, 7) is 0.909. The average Bonchev–Trinajstić information content (AvgIpc) is 2.68. The summed E-state index contributed by atoms with van der Waals surface area (Å²) in [6.07, 6.45) is 3.99. The Morgan fingerprint density at radius 1 is 1.60 bits per heavy atom. The molecule has 0 bridgehead atoms. The lowest BCUT2D eigenvalue weighted by atomic mass is 10.0. The van der Waals surface area contributed by atoms with E-state index in [0.29, 0.717) is 12.1 Å². The van der Waals surface area contributed by atoms with Crippen LogP contribution in [0.2, 0.25) is 0 Å². The number of hydrogen-bond donors (Lipinski definition) is 1. The summed E-state index contributed by atoms with van der Waals surface area (Å²) in [4.78, 5) is 1.35. The number of ether oxygens (including phenoxy) is 1. The molecule has 15 heavy (non-hydrogen) atoms. The highest BCUT2D eigenvalue weighted by Crippen LogP contribution is 2.34. The molecule has 2 rings (SSSR count). The minimum atomic E-state index is 0.332. The van der Waals surface area contributed by atoms with Gasteiger partial charge < -0.3 is 10.1 Å². The van der Waals surface area contributed by atoms with Crippen LogP contribution in [0.15, 0.2) is 15.9 Å². The van der Waals surface area contributed by atoms with Crippen molar-refractivity contribution in [3.8, 4) is 0 Å². The molecule has 4 heteroatoms. The number of likely N-dealkylation sites (N-methyl/N-ethyl adjacent to an activating group) is 1. The average molecular weight is 290 g/mol. The predicted octanol–water partition coefficient (Wildman–Crippen LogP) is 3.34. The van der Waals surface area contributed by atoms with Crippen molar-refractivity contribution < 1.29 is 4.74 Å². The normalized spacial score (nSPS) is 24.0. The molecule has 2 heterocycles. The summed E-state index contributed by atoms with van der Waals surface area (Å²) >= 11 is 5.38. The number of nitrogens with one attached hydrogen (secondary N) is 1. The molecule has 1 aliphatic rings. The SMILES string of the molecule is CNC(c1sccc1Br)C1CCCCO1. The molecule has 1 aromatic rings. The Kier molecular flexibility index (Phi) is 4.20. The molecule has 2 nitrogen and oxygen atoms in total. The van der Waals surface area contributed by atoms with Gasteiger partial charge in [-0.1, -0.05) is 0 Å². The molecular formula is C11H16BrNOS. The third-order valence-corrected chi connectivity index (χ3v) is 4.78. The van der Waals surface area contributed by atoms with Crippen molar-refractivity contribution in [2.75, 3.05) is 13.7 Å². The summed E-state index contributed by atoms with van der Waals surface area (Å²) < 4.78 is 7.03. The van der Waals surface area contributed by atoms with Crippen LogP contribution in [-0.2, 0) is 4.74 Å². The first-order chi connectivity index (χ1) is 7.33. The van der Waals surface area contributed by atoms with Crippen LogP contribution in [0, 0.1) is 0 Å². The van der Waals surface area contributed by atoms with Crippen molar-refractivity contribution in [1.29, 1.82) is 0 Å². The number of rotatable bonds is 3. The van der Waals surface area contributed by atoms with Crippen molar-refractivity contribution >= 4 is 27.3 Å². The first-order valence-electron chi connectivity index (χ1n) is 5.34. The van der Waals surface area contributed by atoms with Gasteiger partial charge in [0.25, 0.3) is 0 Å². The second kappa shape index (κ2) is 5.43. The van der Waals surface area contributed by atoms with Gasteiger partial charge in [0.05, 0.1) is 12.1 Å². The van der Waals surface area contributed by atoms with Crippen LogP contribution in [0.25, 0.3) is 0 Å². The van der Waals surface area contributed by atoms with Crippen LogP contribution in [0.1, 0.15) is 30.2 Å². The quantitative estimate of drug-likeness (QED) is 0.922. The van der Waals surface area contributed by atoms with Gasteiger partial charge in [-0.15, -0.1) is 11.3 Å². The molecule has 0 radical (unpaired) electrons. The molecule has 0 amide bonds. The Bertz CT molecular complexity index is 309. The zero-order valence-electron chi connectivity index (χ0n) is 8.83. The van der Waals surface area contributed by atoms with E-state index in [-0.39, 0.29) is 0 Å². The Morgan fingerprint density at radius 2 is 2.47 bits per heavy atom. The summed E-state index contributed by atoms with van der Waals surface area (Å²) in [6, 6.07) is 2.44. The van der Waals surface area contributed by atoms with Gasteiger partial charge in [0.1, 0.15) is 0 Å². The van der Waals surface area contributed by atoms with Crippen molar-refractivity contribution in [3.05, 3.63) is 20.8 Å².